The molecule has 0 aromatic carbocycles. The molecule has 0 saturated carbocycles. The number of hydrogen-bond donors (Lipinski definition) is 0. The molecule has 1 aromatic heterocycles. The summed E-state index contributed by atoms with van der Waals surface area (Å²) < 4.78 is 5.46. The Kier molecular flexibility index (Phi) is 2.43. The first-order valence-corrected chi connectivity index (χ1v) is 4.76. The lowest BCUT2D eigenvalue weighted by Gasteiger charge is -2.06. The van der Waals surface area contributed by atoms with E-state index in [1.165, 1.54) is 0 Å². The molecule has 0 unspecified atom stereocenters. The van der Waals surface area contributed by atoms with E-state index >= 15 is 0 Å². The summed E-state index contributed by atoms with van der Waals surface area (Å²) in [6, 6.07) is 3.94. The summed E-state index contributed by atoms with van der Waals surface area (Å²) in [4.78, 5) is 4.45. The van der Waals surface area contributed by atoms with Crippen LogP contribution in [0.4, 0.5) is 0 Å². The maximum atomic E-state index is 5.46. The molecule has 1 atom stereocenters. The second kappa shape index (κ2) is 3.74. The molecule has 1 aliphatic rings. The van der Waals surface area contributed by atoms with Gasteiger partial charge in [-0.15, -0.1) is 5.10 Å². The Morgan fingerprint density at radius 1 is 1.50 bits per heavy atom. The largest absolute Gasteiger partial charge is 0.474 e. The third kappa shape index (κ3) is 1.73. The standard InChI is InChI=1S/C10H13N3O/c1-7(2)9-6-14-10(12-9)8-4-3-5-11-13-8/h3-5,7,9H,6H2,1-2H3/t9-/m1/s1. The van der Waals surface area contributed by atoms with E-state index in [1.807, 2.05) is 12.1 Å². The smallest absolute Gasteiger partial charge is 0.237 e. The summed E-state index contributed by atoms with van der Waals surface area (Å²) in [7, 11) is 0. The van der Waals surface area contributed by atoms with Crippen molar-refractivity contribution >= 4 is 5.90 Å². The molecule has 0 amide bonds. The van der Waals surface area contributed by atoms with E-state index in [2.05, 4.69) is 29.0 Å². The number of rotatable bonds is 2. The van der Waals surface area contributed by atoms with Gasteiger partial charge in [-0.2, -0.15) is 5.10 Å². The van der Waals surface area contributed by atoms with Gasteiger partial charge in [-0.05, 0) is 18.1 Å². The highest BCUT2D eigenvalue weighted by molar-refractivity contribution is 5.93. The molecule has 14 heavy (non-hydrogen) atoms. The summed E-state index contributed by atoms with van der Waals surface area (Å²) in [6.45, 7) is 4.93. The Balaban J connectivity index is 2.18. The molecule has 74 valence electrons. The first-order valence-electron chi connectivity index (χ1n) is 4.76. The Morgan fingerprint density at radius 2 is 2.36 bits per heavy atom. The topological polar surface area (TPSA) is 47.4 Å². The van der Waals surface area contributed by atoms with Gasteiger partial charge in [-0.3, -0.25) is 0 Å². The van der Waals surface area contributed by atoms with Gasteiger partial charge in [-0.1, -0.05) is 13.8 Å². The summed E-state index contributed by atoms with van der Waals surface area (Å²) in [5.74, 6) is 1.13. The monoisotopic (exact) mass is 191 g/mol. The molecule has 4 heteroatoms. The molecule has 0 bridgehead atoms. The van der Waals surface area contributed by atoms with E-state index in [0.29, 0.717) is 18.4 Å². The van der Waals surface area contributed by atoms with Gasteiger partial charge in [0.05, 0.1) is 6.04 Å². The Morgan fingerprint density at radius 3 is 2.93 bits per heavy atom. The van der Waals surface area contributed by atoms with E-state index < -0.39 is 0 Å². The second-order valence-electron chi connectivity index (χ2n) is 3.67. The number of nitrogens with zero attached hydrogens (tertiary/aromatic N) is 3. The van der Waals surface area contributed by atoms with Gasteiger partial charge in [0, 0.05) is 6.20 Å². The first kappa shape index (κ1) is 9.12. The third-order valence-electron chi connectivity index (χ3n) is 2.23. The van der Waals surface area contributed by atoms with E-state index in [1.54, 1.807) is 6.20 Å². The summed E-state index contributed by atoms with van der Waals surface area (Å²) in [5.41, 5.74) is 0.718. The van der Waals surface area contributed by atoms with Crippen molar-refractivity contribution in [3.8, 4) is 0 Å². The van der Waals surface area contributed by atoms with E-state index in [0.717, 1.165) is 5.69 Å². The van der Waals surface area contributed by atoms with Crippen molar-refractivity contribution in [2.24, 2.45) is 10.9 Å². The minimum Gasteiger partial charge on any atom is -0.474 e. The number of aromatic nitrogens is 2. The molecule has 1 aliphatic heterocycles. The molecule has 2 heterocycles. The fourth-order valence-corrected chi connectivity index (χ4v) is 1.29. The third-order valence-corrected chi connectivity index (χ3v) is 2.23. The normalized spacial score (nSPS) is 20.8. The van der Waals surface area contributed by atoms with Crippen LogP contribution in [-0.2, 0) is 4.74 Å². The molecule has 0 spiro atoms. The molecule has 0 fully saturated rings. The predicted octanol–water partition coefficient (Wildman–Crippen LogP) is 1.28. The number of ether oxygens (including phenoxy) is 1. The van der Waals surface area contributed by atoms with Gasteiger partial charge in [0.15, 0.2) is 0 Å². The van der Waals surface area contributed by atoms with E-state index in [4.69, 9.17) is 4.74 Å². The molecular weight excluding hydrogens is 178 g/mol. The lowest BCUT2D eigenvalue weighted by molar-refractivity contribution is 0.291. The van der Waals surface area contributed by atoms with Crippen molar-refractivity contribution in [3.05, 3.63) is 24.0 Å². The van der Waals surface area contributed by atoms with E-state index in [-0.39, 0.29) is 6.04 Å². The van der Waals surface area contributed by atoms with Crippen molar-refractivity contribution < 1.29 is 4.74 Å². The lowest BCUT2D eigenvalue weighted by atomic mass is 10.1. The van der Waals surface area contributed by atoms with Gasteiger partial charge in [0.1, 0.15) is 12.3 Å². The SMILES string of the molecule is CC(C)[C@H]1COC(c2cccnn2)=N1. The van der Waals surface area contributed by atoms with Gasteiger partial charge in [0.25, 0.3) is 0 Å². The number of hydrogen-bond acceptors (Lipinski definition) is 4. The van der Waals surface area contributed by atoms with Crippen LogP contribution in [0.5, 0.6) is 0 Å². The second-order valence-corrected chi connectivity index (χ2v) is 3.67. The summed E-state index contributed by atoms with van der Waals surface area (Å²) in [6.07, 6.45) is 1.64. The molecule has 0 radical (unpaired) electrons. The van der Waals surface area contributed by atoms with Crippen molar-refractivity contribution in [1.29, 1.82) is 0 Å². The molecule has 4 nitrogen and oxygen atoms in total. The highest BCUT2D eigenvalue weighted by Gasteiger charge is 2.23. The van der Waals surface area contributed by atoms with Crippen molar-refractivity contribution in [1.82, 2.24) is 10.2 Å². The molecular formula is C10H13N3O. The van der Waals surface area contributed by atoms with Crippen LogP contribution in [0.2, 0.25) is 0 Å². The average molecular weight is 191 g/mol. The van der Waals surface area contributed by atoms with Crippen LogP contribution < -0.4 is 0 Å². The van der Waals surface area contributed by atoms with E-state index in [9.17, 15) is 0 Å². The average Bonchev–Trinajstić information content (AvgIpc) is 2.68. The summed E-state index contributed by atoms with van der Waals surface area (Å²) in [5, 5.41) is 7.74. The highest BCUT2D eigenvalue weighted by atomic mass is 16.5. The zero-order valence-corrected chi connectivity index (χ0v) is 8.34. The van der Waals surface area contributed by atoms with Crippen molar-refractivity contribution in [2.45, 2.75) is 19.9 Å². The van der Waals surface area contributed by atoms with Gasteiger partial charge in [0.2, 0.25) is 5.90 Å². The van der Waals surface area contributed by atoms with Crippen LogP contribution in [0, 0.1) is 5.92 Å². The quantitative estimate of drug-likeness (QED) is 0.707. The van der Waals surface area contributed by atoms with Gasteiger partial charge >= 0.3 is 0 Å². The maximum Gasteiger partial charge on any atom is 0.237 e. The molecule has 2 rings (SSSR count). The van der Waals surface area contributed by atoms with Crippen molar-refractivity contribution in [3.63, 3.8) is 0 Å². The minimum absolute atomic E-state index is 0.256. The lowest BCUT2D eigenvalue weighted by Crippen LogP contribution is -2.13. The Bertz CT molecular complexity index is 334. The summed E-state index contributed by atoms with van der Waals surface area (Å²) >= 11 is 0. The van der Waals surface area contributed by atoms with Crippen LogP contribution in [-0.4, -0.2) is 28.7 Å². The molecule has 0 aliphatic carbocycles. The Hall–Kier alpha value is -1.45. The first-order chi connectivity index (χ1) is 6.77. The zero-order chi connectivity index (χ0) is 9.97. The van der Waals surface area contributed by atoms with Crippen molar-refractivity contribution in [2.75, 3.05) is 6.61 Å². The van der Waals surface area contributed by atoms with Crippen LogP contribution in [0.25, 0.3) is 0 Å². The fourth-order valence-electron chi connectivity index (χ4n) is 1.29. The molecule has 1 aromatic rings. The zero-order valence-electron chi connectivity index (χ0n) is 8.34. The highest BCUT2D eigenvalue weighted by Crippen LogP contribution is 2.15. The van der Waals surface area contributed by atoms with Gasteiger partial charge in [-0.25, -0.2) is 4.99 Å². The van der Waals surface area contributed by atoms with Crippen LogP contribution in [0.3, 0.4) is 0 Å². The van der Waals surface area contributed by atoms with Crippen LogP contribution >= 0.6 is 0 Å². The maximum absolute atomic E-state index is 5.46. The minimum atomic E-state index is 0.256. The molecule has 0 saturated heterocycles. The van der Waals surface area contributed by atoms with Crippen LogP contribution in [0.15, 0.2) is 23.3 Å². The number of aliphatic imine (C=N–C) groups is 1. The van der Waals surface area contributed by atoms with Crippen LogP contribution in [0.1, 0.15) is 19.5 Å². The molecule has 0 N–H and O–H groups in total. The predicted molar refractivity (Wildman–Crippen MR) is 53.1 cm³/mol. The van der Waals surface area contributed by atoms with Gasteiger partial charge < -0.3 is 4.74 Å². The fraction of sp³-hybridized carbons (Fsp3) is 0.500. The Labute approximate surface area is 83.0 Å².